The van der Waals surface area contributed by atoms with Crippen LogP contribution in [0.4, 0.5) is 5.69 Å². The number of anilines is 1. The number of nitrogens with one attached hydrogen (secondary N) is 2. The Morgan fingerprint density at radius 2 is 2.09 bits per heavy atom. The highest BCUT2D eigenvalue weighted by Gasteiger charge is 2.08. The Bertz CT molecular complexity index is 665. The molecule has 122 valence electrons. The molecule has 0 fully saturated rings. The van der Waals surface area contributed by atoms with E-state index in [0.29, 0.717) is 19.4 Å². The quantitative estimate of drug-likeness (QED) is 0.770. The van der Waals surface area contributed by atoms with Gasteiger partial charge in [0.1, 0.15) is 5.75 Å². The standard InChI is InChI=1S/C17H20N2O4/c1-12-11-13(7-8-14(12)22-2)19-16(20)6-3-9-18-17(21)15-5-4-10-23-15/h4-5,7-8,10-11H,3,6,9H2,1-2H3,(H,18,21)(H,19,20). The second kappa shape index (κ2) is 8.03. The van der Waals surface area contributed by atoms with Crippen LogP contribution < -0.4 is 15.4 Å². The van der Waals surface area contributed by atoms with Crippen molar-refractivity contribution in [3.8, 4) is 5.75 Å². The van der Waals surface area contributed by atoms with Gasteiger partial charge in [0.2, 0.25) is 5.91 Å². The van der Waals surface area contributed by atoms with Crippen LogP contribution in [-0.4, -0.2) is 25.5 Å². The van der Waals surface area contributed by atoms with Crippen molar-refractivity contribution in [3.63, 3.8) is 0 Å². The normalized spacial score (nSPS) is 10.2. The molecule has 1 aromatic carbocycles. The second-order valence-corrected chi connectivity index (χ2v) is 5.07. The molecule has 0 unspecified atom stereocenters. The lowest BCUT2D eigenvalue weighted by Gasteiger charge is -2.09. The van der Waals surface area contributed by atoms with E-state index in [-0.39, 0.29) is 17.6 Å². The largest absolute Gasteiger partial charge is 0.496 e. The fourth-order valence-corrected chi connectivity index (χ4v) is 2.13. The molecule has 0 atom stereocenters. The molecule has 0 aliphatic rings. The lowest BCUT2D eigenvalue weighted by atomic mass is 10.2. The maximum Gasteiger partial charge on any atom is 0.286 e. The fraction of sp³-hybridized carbons (Fsp3) is 0.294. The summed E-state index contributed by atoms with van der Waals surface area (Å²) in [6, 6.07) is 8.71. The van der Waals surface area contributed by atoms with Crippen molar-refractivity contribution < 1.29 is 18.7 Å². The zero-order valence-electron chi connectivity index (χ0n) is 13.2. The van der Waals surface area contributed by atoms with Crippen molar-refractivity contribution in [2.75, 3.05) is 19.0 Å². The fourth-order valence-electron chi connectivity index (χ4n) is 2.13. The lowest BCUT2D eigenvalue weighted by Crippen LogP contribution is -2.25. The van der Waals surface area contributed by atoms with Gasteiger partial charge in [-0.1, -0.05) is 0 Å². The van der Waals surface area contributed by atoms with Gasteiger partial charge in [0.15, 0.2) is 5.76 Å². The molecule has 1 heterocycles. The average molecular weight is 316 g/mol. The number of rotatable bonds is 7. The zero-order chi connectivity index (χ0) is 16.7. The number of amides is 2. The van der Waals surface area contributed by atoms with Crippen LogP contribution in [0, 0.1) is 6.92 Å². The minimum absolute atomic E-state index is 0.0955. The van der Waals surface area contributed by atoms with E-state index in [1.807, 2.05) is 19.1 Å². The van der Waals surface area contributed by atoms with Crippen LogP contribution in [0.5, 0.6) is 5.75 Å². The van der Waals surface area contributed by atoms with Gasteiger partial charge in [-0.15, -0.1) is 0 Å². The van der Waals surface area contributed by atoms with Crippen molar-refractivity contribution in [1.82, 2.24) is 5.32 Å². The van der Waals surface area contributed by atoms with Crippen LogP contribution in [0.25, 0.3) is 0 Å². The van der Waals surface area contributed by atoms with Crippen molar-refractivity contribution >= 4 is 17.5 Å². The summed E-state index contributed by atoms with van der Waals surface area (Å²) in [5.41, 5.74) is 1.68. The Labute approximate surface area is 134 Å². The van der Waals surface area contributed by atoms with Crippen LogP contribution in [0.1, 0.15) is 29.0 Å². The van der Waals surface area contributed by atoms with Gasteiger partial charge in [-0.3, -0.25) is 9.59 Å². The SMILES string of the molecule is COc1ccc(NC(=O)CCCNC(=O)c2ccco2)cc1C. The molecule has 23 heavy (non-hydrogen) atoms. The summed E-state index contributed by atoms with van der Waals surface area (Å²) in [4.78, 5) is 23.5. The van der Waals surface area contributed by atoms with Crippen molar-refractivity contribution in [2.24, 2.45) is 0 Å². The van der Waals surface area contributed by atoms with Gasteiger partial charge in [-0.2, -0.15) is 0 Å². The van der Waals surface area contributed by atoms with Crippen molar-refractivity contribution in [2.45, 2.75) is 19.8 Å². The van der Waals surface area contributed by atoms with Crippen LogP contribution in [0.2, 0.25) is 0 Å². The number of furan rings is 1. The third-order valence-corrected chi connectivity index (χ3v) is 3.29. The first-order valence-corrected chi connectivity index (χ1v) is 7.36. The minimum Gasteiger partial charge on any atom is -0.496 e. The first-order valence-electron chi connectivity index (χ1n) is 7.36. The van der Waals surface area contributed by atoms with Gasteiger partial charge in [0, 0.05) is 18.7 Å². The smallest absolute Gasteiger partial charge is 0.286 e. The Kier molecular flexibility index (Phi) is 5.80. The predicted octanol–water partition coefficient (Wildman–Crippen LogP) is 2.75. The topological polar surface area (TPSA) is 80.6 Å². The highest BCUT2D eigenvalue weighted by molar-refractivity contribution is 5.92. The highest BCUT2D eigenvalue weighted by atomic mass is 16.5. The molecule has 6 nitrogen and oxygen atoms in total. The summed E-state index contributed by atoms with van der Waals surface area (Å²) in [6.45, 7) is 2.33. The van der Waals surface area contributed by atoms with E-state index in [2.05, 4.69) is 10.6 Å². The zero-order valence-corrected chi connectivity index (χ0v) is 13.2. The van der Waals surface area contributed by atoms with Gasteiger partial charge in [0.25, 0.3) is 5.91 Å². The van der Waals surface area contributed by atoms with E-state index in [9.17, 15) is 9.59 Å². The average Bonchev–Trinajstić information content (AvgIpc) is 3.06. The van der Waals surface area contributed by atoms with E-state index in [1.54, 1.807) is 25.3 Å². The van der Waals surface area contributed by atoms with Gasteiger partial charge >= 0.3 is 0 Å². The molecular weight excluding hydrogens is 296 g/mol. The van der Waals surface area contributed by atoms with E-state index in [4.69, 9.17) is 9.15 Å². The second-order valence-electron chi connectivity index (χ2n) is 5.07. The monoisotopic (exact) mass is 316 g/mol. The Morgan fingerprint density at radius 3 is 2.74 bits per heavy atom. The molecule has 1 aromatic heterocycles. The van der Waals surface area contributed by atoms with Crippen LogP contribution in [0.3, 0.4) is 0 Å². The van der Waals surface area contributed by atoms with Gasteiger partial charge < -0.3 is 19.8 Å². The third kappa shape index (κ3) is 4.88. The number of methoxy groups -OCH3 is 1. The molecule has 0 aliphatic heterocycles. The van der Waals surface area contributed by atoms with E-state index >= 15 is 0 Å². The molecule has 0 saturated carbocycles. The number of carbonyl (C=O) groups is 2. The van der Waals surface area contributed by atoms with Crippen LogP contribution >= 0.6 is 0 Å². The van der Waals surface area contributed by atoms with Crippen LogP contribution in [0.15, 0.2) is 41.0 Å². The van der Waals surface area contributed by atoms with Crippen molar-refractivity contribution in [1.29, 1.82) is 0 Å². The highest BCUT2D eigenvalue weighted by Crippen LogP contribution is 2.21. The summed E-state index contributed by atoms with van der Waals surface area (Å²) in [5, 5.41) is 5.52. The predicted molar refractivity (Wildman–Crippen MR) is 86.6 cm³/mol. The molecule has 2 N–H and O–H groups in total. The molecule has 6 heteroatoms. The molecule has 2 aromatic rings. The van der Waals surface area contributed by atoms with Gasteiger partial charge in [0.05, 0.1) is 13.4 Å². The van der Waals surface area contributed by atoms with Crippen LogP contribution in [-0.2, 0) is 4.79 Å². The van der Waals surface area contributed by atoms with Crippen molar-refractivity contribution in [3.05, 3.63) is 47.9 Å². The summed E-state index contributed by atoms with van der Waals surface area (Å²) in [7, 11) is 1.61. The molecule has 0 spiro atoms. The molecule has 0 aliphatic carbocycles. The molecule has 2 amide bonds. The van der Waals surface area contributed by atoms with Gasteiger partial charge in [-0.05, 0) is 49.2 Å². The Balaban J connectivity index is 1.71. The van der Waals surface area contributed by atoms with E-state index < -0.39 is 0 Å². The maximum absolute atomic E-state index is 11.9. The molecule has 0 bridgehead atoms. The molecule has 0 radical (unpaired) electrons. The Morgan fingerprint density at radius 1 is 1.26 bits per heavy atom. The number of carbonyl (C=O) groups excluding carboxylic acids is 2. The molecule has 2 rings (SSSR count). The Hall–Kier alpha value is -2.76. The van der Waals surface area contributed by atoms with E-state index in [0.717, 1.165) is 17.0 Å². The number of ether oxygens (including phenoxy) is 1. The first-order chi connectivity index (χ1) is 11.1. The molecular formula is C17H20N2O4. The summed E-state index contributed by atoms with van der Waals surface area (Å²) in [6.07, 6.45) is 2.32. The van der Waals surface area contributed by atoms with Gasteiger partial charge in [-0.25, -0.2) is 0 Å². The minimum atomic E-state index is -0.277. The summed E-state index contributed by atoms with van der Waals surface area (Å²) < 4.78 is 10.2. The number of hydrogen-bond acceptors (Lipinski definition) is 4. The maximum atomic E-state index is 11.9. The molecule has 0 saturated heterocycles. The lowest BCUT2D eigenvalue weighted by molar-refractivity contribution is -0.116. The summed E-state index contributed by atoms with van der Waals surface area (Å²) >= 11 is 0. The number of aryl methyl sites for hydroxylation is 1. The summed E-state index contributed by atoms with van der Waals surface area (Å²) in [5.74, 6) is 0.676. The van der Waals surface area contributed by atoms with E-state index in [1.165, 1.54) is 6.26 Å². The number of benzene rings is 1. The number of hydrogen-bond donors (Lipinski definition) is 2. The first kappa shape index (κ1) is 16.6. The third-order valence-electron chi connectivity index (χ3n) is 3.29.